The standard InChI is InChI=1S/C29H50O/c1-18(2)19(3)8-9-20(4)23-12-13-25-22-10-11-24-21(5)27(30)15-17-29(24,7)26(22)14-16-28(23,25)6/h18-26H,8-17H2,1-7H3/t19-,20-,21+,22+,23-,24+,25+,26+,28-,29+/m1/s1. The first-order valence-electron chi connectivity index (χ1n) is 13.6. The van der Waals surface area contributed by atoms with Gasteiger partial charge in [-0.1, -0.05) is 61.3 Å². The van der Waals surface area contributed by atoms with E-state index in [9.17, 15) is 4.79 Å². The van der Waals surface area contributed by atoms with Crippen LogP contribution < -0.4 is 0 Å². The molecule has 0 unspecified atom stereocenters. The van der Waals surface area contributed by atoms with E-state index in [1.165, 1.54) is 57.8 Å². The van der Waals surface area contributed by atoms with Gasteiger partial charge >= 0.3 is 0 Å². The summed E-state index contributed by atoms with van der Waals surface area (Å²) < 4.78 is 0. The van der Waals surface area contributed by atoms with Crippen LogP contribution in [0.1, 0.15) is 113 Å². The largest absolute Gasteiger partial charge is 0.299 e. The van der Waals surface area contributed by atoms with Gasteiger partial charge in [-0.2, -0.15) is 0 Å². The molecule has 0 aromatic rings. The van der Waals surface area contributed by atoms with Crippen molar-refractivity contribution in [3.05, 3.63) is 0 Å². The minimum Gasteiger partial charge on any atom is -0.299 e. The molecule has 0 spiro atoms. The quantitative estimate of drug-likeness (QED) is 0.443. The minimum absolute atomic E-state index is 0.317. The van der Waals surface area contributed by atoms with Gasteiger partial charge < -0.3 is 0 Å². The van der Waals surface area contributed by atoms with Crippen molar-refractivity contribution < 1.29 is 4.79 Å². The molecule has 4 fully saturated rings. The van der Waals surface area contributed by atoms with Gasteiger partial charge in [-0.3, -0.25) is 4.79 Å². The van der Waals surface area contributed by atoms with Crippen LogP contribution in [0, 0.1) is 64.1 Å². The maximum absolute atomic E-state index is 12.5. The van der Waals surface area contributed by atoms with E-state index < -0.39 is 0 Å². The van der Waals surface area contributed by atoms with E-state index in [0.29, 0.717) is 28.4 Å². The molecule has 1 heteroatoms. The van der Waals surface area contributed by atoms with Crippen LogP contribution >= 0.6 is 0 Å². The second kappa shape index (κ2) is 8.22. The predicted octanol–water partition coefficient (Wildman–Crippen LogP) is 8.17. The van der Waals surface area contributed by atoms with Crippen molar-refractivity contribution in [1.82, 2.24) is 0 Å². The number of rotatable bonds is 5. The summed E-state index contributed by atoms with van der Waals surface area (Å²) in [6.45, 7) is 17.4. The SMILES string of the molecule is CC(C)[C@H](C)CC[C@@H](C)[C@H]1CC[C@H]2[C@@H]3CC[C@H]4[C@H](C)C(=O)CC[C@]4(C)[C@H]3CC[C@]12C. The first-order valence-corrected chi connectivity index (χ1v) is 13.6. The second-order valence-electron chi connectivity index (χ2n) is 13.3. The predicted molar refractivity (Wildman–Crippen MR) is 127 cm³/mol. The molecule has 0 aromatic heterocycles. The highest BCUT2D eigenvalue weighted by atomic mass is 16.1. The highest BCUT2D eigenvalue weighted by molar-refractivity contribution is 5.82. The maximum Gasteiger partial charge on any atom is 0.136 e. The van der Waals surface area contributed by atoms with Gasteiger partial charge in [0.2, 0.25) is 0 Å². The highest BCUT2D eigenvalue weighted by Gasteiger charge is 2.61. The zero-order valence-corrected chi connectivity index (χ0v) is 21.2. The Hall–Kier alpha value is -0.330. The highest BCUT2D eigenvalue weighted by Crippen LogP contribution is 2.68. The maximum atomic E-state index is 12.5. The van der Waals surface area contributed by atoms with Crippen LogP contribution in [-0.4, -0.2) is 5.78 Å². The lowest BCUT2D eigenvalue weighted by Gasteiger charge is -2.61. The molecule has 4 aliphatic carbocycles. The summed E-state index contributed by atoms with van der Waals surface area (Å²) >= 11 is 0. The lowest BCUT2D eigenvalue weighted by Crippen LogP contribution is -2.55. The summed E-state index contributed by atoms with van der Waals surface area (Å²) in [6, 6.07) is 0. The van der Waals surface area contributed by atoms with Crippen molar-refractivity contribution in [1.29, 1.82) is 0 Å². The van der Waals surface area contributed by atoms with Gasteiger partial charge in [-0.15, -0.1) is 0 Å². The average molecular weight is 415 g/mol. The van der Waals surface area contributed by atoms with E-state index in [1.807, 2.05) is 0 Å². The van der Waals surface area contributed by atoms with E-state index >= 15 is 0 Å². The smallest absolute Gasteiger partial charge is 0.136 e. The van der Waals surface area contributed by atoms with Crippen molar-refractivity contribution in [2.45, 2.75) is 113 Å². The van der Waals surface area contributed by atoms with E-state index in [4.69, 9.17) is 0 Å². The average Bonchev–Trinajstić information content (AvgIpc) is 3.06. The van der Waals surface area contributed by atoms with Crippen LogP contribution in [0.25, 0.3) is 0 Å². The molecule has 0 aliphatic heterocycles. The molecule has 30 heavy (non-hydrogen) atoms. The molecule has 0 saturated heterocycles. The number of carbonyl (C=O) groups excluding carboxylic acids is 1. The Balaban J connectivity index is 1.48. The van der Waals surface area contributed by atoms with Crippen molar-refractivity contribution in [2.24, 2.45) is 64.1 Å². The first-order chi connectivity index (χ1) is 14.1. The van der Waals surface area contributed by atoms with Gasteiger partial charge in [0.15, 0.2) is 0 Å². The van der Waals surface area contributed by atoms with Crippen molar-refractivity contribution >= 4 is 5.78 Å². The Labute approximate surface area is 187 Å². The van der Waals surface area contributed by atoms with Crippen molar-refractivity contribution in [3.63, 3.8) is 0 Å². The Morgan fingerprint density at radius 3 is 2.20 bits per heavy atom. The van der Waals surface area contributed by atoms with E-state index in [1.54, 1.807) is 0 Å². The molecule has 4 aliphatic rings. The lowest BCUT2D eigenvalue weighted by atomic mass is 9.43. The normalized spacial score (nSPS) is 48.1. The molecule has 0 bridgehead atoms. The molecule has 0 radical (unpaired) electrons. The van der Waals surface area contributed by atoms with E-state index in [-0.39, 0.29) is 0 Å². The lowest BCUT2D eigenvalue weighted by molar-refractivity contribution is -0.150. The molecule has 1 nitrogen and oxygen atoms in total. The number of hydrogen-bond donors (Lipinski definition) is 0. The summed E-state index contributed by atoms with van der Waals surface area (Å²) in [5, 5.41) is 0. The van der Waals surface area contributed by atoms with Crippen LogP contribution in [-0.2, 0) is 4.79 Å². The molecular weight excluding hydrogens is 364 g/mol. The van der Waals surface area contributed by atoms with Gasteiger partial charge in [-0.25, -0.2) is 0 Å². The third kappa shape index (κ3) is 3.53. The van der Waals surface area contributed by atoms with Gasteiger partial charge in [-0.05, 0) is 103 Å². The summed E-state index contributed by atoms with van der Waals surface area (Å²) in [7, 11) is 0. The zero-order chi connectivity index (χ0) is 21.8. The van der Waals surface area contributed by atoms with E-state index in [2.05, 4.69) is 48.5 Å². The third-order valence-corrected chi connectivity index (χ3v) is 11.9. The van der Waals surface area contributed by atoms with Crippen LogP contribution in [0.15, 0.2) is 0 Å². The fourth-order valence-corrected chi connectivity index (χ4v) is 9.56. The minimum atomic E-state index is 0.317. The molecule has 0 aromatic carbocycles. The molecule has 0 N–H and O–H groups in total. The fourth-order valence-electron chi connectivity index (χ4n) is 9.56. The molecule has 172 valence electrons. The molecule has 10 atom stereocenters. The van der Waals surface area contributed by atoms with Gasteiger partial charge in [0.05, 0.1) is 0 Å². The summed E-state index contributed by atoms with van der Waals surface area (Å²) in [4.78, 5) is 12.5. The molecule has 0 amide bonds. The topological polar surface area (TPSA) is 17.1 Å². The van der Waals surface area contributed by atoms with Crippen LogP contribution in [0.3, 0.4) is 0 Å². The second-order valence-corrected chi connectivity index (χ2v) is 13.3. The van der Waals surface area contributed by atoms with Crippen LogP contribution in [0.4, 0.5) is 0 Å². The van der Waals surface area contributed by atoms with Gasteiger partial charge in [0.1, 0.15) is 5.78 Å². The Morgan fingerprint density at radius 1 is 0.833 bits per heavy atom. The van der Waals surface area contributed by atoms with Crippen LogP contribution in [0.2, 0.25) is 0 Å². The van der Waals surface area contributed by atoms with Crippen molar-refractivity contribution in [2.75, 3.05) is 0 Å². The number of hydrogen-bond acceptors (Lipinski definition) is 1. The zero-order valence-electron chi connectivity index (χ0n) is 21.2. The van der Waals surface area contributed by atoms with E-state index in [0.717, 1.165) is 47.8 Å². The molecule has 4 saturated carbocycles. The third-order valence-electron chi connectivity index (χ3n) is 11.9. The summed E-state index contributed by atoms with van der Waals surface area (Å²) in [6.07, 6.45) is 13.5. The number of fused-ring (bicyclic) bond motifs is 5. The Morgan fingerprint density at radius 2 is 1.50 bits per heavy atom. The molecule has 4 rings (SSSR count). The molecule has 0 heterocycles. The number of carbonyl (C=O) groups is 1. The number of ketones is 1. The first kappa shape index (κ1) is 22.8. The van der Waals surface area contributed by atoms with Gasteiger partial charge in [0.25, 0.3) is 0 Å². The molecular formula is C29H50O. The van der Waals surface area contributed by atoms with Gasteiger partial charge in [0, 0.05) is 12.3 Å². The summed E-state index contributed by atoms with van der Waals surface area (Å²) in [5.41, 5.74) is 1.02. The van der Waals surface area contributed by atoms with Crippen LogP contribution in [0.5, 0.6) is 0 Å². The monoisotopic (exact) mass is 414 g/mol. The number of Topliss-reactive ketones (excluding diaryl/α,β-unsaturated/α-hetero) is 1. The Kier molecular flexibility index (Phi) is 6.26. The fraction of sp³-hybridized carbons (Fsp3) is 0.966. The van der Waals surface area contributed by atoms with Crippen molar-refractivity contribution in [3.8, 4) is 0 Å². The summed E-state index contributed by atoms with van der Waals surface area (Å²) in [5.74, 6) is 7.84. The Bertz CT molecular complexity index is 636.